The smallest absolute Gasteiger partial charge is 0.414 e. The van der Waals surface area contributed by atoms with E-state index in [0.717, 1.165) is 36.8 Å². The van der Waals surface area contributed by atoms with Crippen molar-refractivity contribution in [3.8, 4) is 11.1 Å². The maximum absolute atomic E-state index is 13.2. The molecule has 9 nitrogen and oxygen atoms in total. The van der Waals surface area contributed by atoms with Gasteiger partial charge in [-0.1, -0.05) is 12.5 Å². The number of hydrogen-bond donors (Lipinski definition) is 0. The van der Waals surface area contributed by atoms with Crippen LogP contribution in [0, 0.1) is 0 Å². The van der Waals surface area contributed by atoms with E-state index >= 15 is 0 Å². The highest BCUT2D eigenvalue weighted by atomic mass is 32.2. The van der Waals surface area contributed by atoms with E-state index in [1.165, 1.54) is 13.3 Å². The predicted molar refractivity (Wildman–Crippen MR) is 129 cm³/mol. The highest BCUT2D eigenvalue weighted by molar-refractivity contribution is 7.92. The molecule has 0 bridgehead atoms. The van der Waals surface area contributed by atoms with Crippen molar-refractivity contribution in [3.63, 3.8) is 0 Å². The van der Waals surface area contributed by atoms with Gasteiger partial charge in [0.25, 0.3) is 0 Å². The summed E-state index contributed by atoms with van der Waals surface area (Å²) in [5, 5.41) is 4.36. The van der Waals surface area contributed by atoms with Crippen LogP contribution in [0.4, 0.5) is 16.2 Å². The highest BCUT2D eigenvalue weighted by Crippen LogP contribution is 2.40. The lowest BCUT2D eigenvalue weighted by atomic mass is 9.98. The molecule has 1 saturated carbocycles. The first-order valence-corrected chi connectivity index (χ1v) is 13.7. The Balaban J connectivity index is 1.46. The molecule has 1 atom stereocenters. The van der Waals surface area contributed by atoms with E-state index in [-0.39, 0.29) is 41.7 Å². The van der Waals surface area contributed by atoms with Crippen LogP contribution < -0.4 is 9.80 Å². The Hall–Kier alpha value is -2.88. The average Bonchev–Trinajstić information content (AvgIpc) is 3.27. The van der Waals surface area contributed by atoms with Gasteiger partial charge in [-0.15, -0.1) is 0 Å². The summed E-state index contributed by atoms with van der Waals surface area (Å²) in [5.74, 6) is 0.121. The maximum Gasteiger partial charge on any atom is 0.414 e. The third-order valence-corrected chi connectivity index (χ3v) is 8.78. The normalized spacial score (nSPS) is 22.7. The van der Waals surface area contributed by atoms with E-state index in [1.807, 2.05) is 31.3 Å². The largest absolute Gasteiger partial charge is 0.446 e. The quantitative estimate of drug-likeness (QED) is 0.658. The second-order valence-corrected chi connectivity index (χ2v) is 11.8. The van der Waals surface area contributed by atoms with E-state index in [4.69, 9.17) is 4.74 Å². The predicted octanol–water partition coefficient (Wildman–Crippen LogP) is 3.55. The number of benzene rings is 1. The van der Waals surface area contributed by atoms with Gasteiger partial charge in [-0.3, -0.25) is 14.4 Å². The van der Waals surface area contributed by atoms with Crippen LogP contribution in [0.1, 0.15) is 52.0 Å². The van der Waals surface area contributed by atoms with Gasteiger partial charge < -0.3 is 9.64 Å². The number of carbonyl (C=O) groups excluding carboxylic acids is 2. The lowest BCUT2D eigenvalue weighted by Gasteiger charge is -2.41. The summed E-state index contributed by atoms with van der Waals surface area (Å²) >= 11 is 0. The fourth-order valence-corrected chi connectivity index (χ4v) is 6.60. The number of carbonyl (C=O) groups is 2. The summed E-state index contributed by atoms with van der Waals surface area (Å²) < 4.78 is 30.6. The van der Waals surface area contributed by atoms with E-state index < -0.39 is 9.84 Å². The molecule has 182 valence electrons. The fourth-order valence-electron chi connectivity index (χ4n) is 5.22. The van der Waals surface area contributed by atoms with Gasteiger partial charge in [-0.25, -0.2) is 13.2 Å². The zero-order valence-electron chi connectivity index (χ0n) is 19.5. The van der Waals surface area contributed by atoms with Crippen molar-refractivity contribution in [2.24, 2.45) is 0 Å². The summed E-state index contributed by atoms with van der Waals surface area (Å²) in [4.78, 5) is 29.0. The average molecular weight is 487 g/mol. The first kappa shape index (κ1) is 22.9. The zero-order valence-corrected chi connectivity index (χ0v) is 20.3. The number of anilines is 2. The molecular formula is C24H30N4O5S. The number of amides is 2. The summed E-state index contributed by atoms with van der Waals surface area (Å²) in [6.45, 7) is 3.80. The van der Waals surface area contributed by atoms with E-state index in [9.17, 15) is 18.0 Å². The van der Waals surface area contributed by atoms with E-state index in [1.54, 1.807) is 20.7 Å². The Labute approximate surface area is 199 Å². The molecule has 5 rings (SSSR count). The van der Waals surface area contributed by atoms with Crippen molar-refractivity contribution in [2.45, 2.75) is 64.1 Å². The molecule has 1 aromatic heterocycles. The van der Waals surface area contributed by atoms with E-state index in [0.29, 0.717) is 17.9 Å². The van der Waals surface area contributed by atoms with Gasteiger partial charge in [0.1, 0.15) is 6.10 Å². The van der Waals surface area contributed by atoms with Gasteiger partial charge in [-0.2, -0.15) is 5.10 Å². The number of sulfone groups is 1. The van der Waals surface area contributed by atoms with Crippen LogP contribution in [0.25, 0.3) is 11.1 Å². The van der Waals surface area contributed by atoms with Crippen LogP contribution in [0.2, 0.25) is 0 Å². The molecule has 10 heteroatoms. The first-order chi connectivity index (χ1) is 16.2. The Morgan fingerprint density at radius 3 is 2.47 bits per heavy atom. The molecular weight excluding hydrogens is 456 g/mol. The lowest BCUT2D eigenvalue weighted by Crippen LogP contribution is -2.52. The SMILES string of the molecule is CC(=O)N1c2ccc(-c3cnn(C4CS(=O)(=O)C4)c3)cc2N(C(=O)OC2CCCCC2)C[C@@H]1C. The van der Waals surface area contributed by atoms with Crippen LogP contribution in [-0.4, -0.2) is 60.4 Å². The highest BCUT2D eigenvalue weighted by Gasteiger charge is 2.37. The Morgan fingerprint density at radius 1 is 1.06 bits per heavy atom. The molecule has 3 aliphatic rings. The molecule has 2 fully saturated rings. The van der Waals surface area contributed by atoms with E-state index in [2.05, 4.69) is 5.10 Å². The van der Waals surface area contributed by atoms with Gasteiger partial charge in [0.15, 0.2) is 9.84 Å². The Bertz CT molecular complexity index is 1210. The lowest BCUT2D eigenvalue weighted by molar-refractivity contribution is -0.117. The van der Waals surface area contributed by atoms with Crippen LogP contribution in [-0.2, 0) is 19.4 Å². The minimum atomic E-state index is -2.95. The number of aromatic nitrogens is 2. The monoisotopic (exact) mass is 486 g/mol. The van der Waals surface area contributed by atoms with Crippen molar-refractivity contribution >= 4 is 33.2 Å². The van der Waals surface area contributed by atoms with Crippen molar-refractivity contribution < 1.29 is 22.7 Å². The summed E-state index contributed by atoms with van der Waals surface area (Å²) in [6, 6.07) is 5.31. The van der Waals surface area contributed by atoms with Gasteiger partial charge in [0, 0.05) is 25.2 Å². The number of fused-ring (bicyclic) bond motifs is 1. The topological polar surface area (TPSA) is 102 Å². The summed E-state index contributed by atoms with van der Waals surface area (Å²) in [6.07, 6.45) is 8.18. The summed E-state index contributed by atoms with van der Waals surface area (Å²) in [5.41, 5.74) is 2.96. The molecule has 1 aliphatic carbocycles. The Morgan fingerprint density at radius 2 is 1.79 bits per heavy atom. The third kappa shape index (κ3) is 4.31. The minimum Gasteiger partial charge on any atom is -0.446 e. The molecule has 0 spiro atoms. The molecule has 34 heavy (non-hydrogen) atoms. The fraction of sp³-hybridized carbons (Fsp3) is 0.542. The number of nitrogens with zero attached hydrogens (tertiary/aromatic N) is 4. The second-order valence-electron chi connectivity index (χ2n) is 9.64. The van der Waals surface area contributed by atoms with Crippen molar-refractivity contribution in [2.75, 3.05) is 27.9 Å². The maximum atomic E-state index is 13.2. The van der Waals surface area contributed by atoms with Gasteiger partial charge in [0.05, 0.1) is 41.2 Å². The van der Waals surface area contributed by atoms with Crippen LogP contribution >= 0.6 is 0 Å². The molecule has 0 unspecified atom stereocenters. The molecule has 2 amide bonds. The summed E-state index contributed by atoms with van der Waals surface area (Å²) in [7, 11) is -2.95. The Kier molecular flexibility index (Phi) is 5.87. The van der Waals surface area contributed by atoms with Crippen molar-refractivity contribution in [1.82, 2.24) is 9.78 Å². The number of ether oxygens (including phenoxy) is 1. The third-order valence-electron chi connectivity index (χ3n) is 6.99. The van der Waals surface area contributed by atoms with Gasteiger partial charge in [-0.05, 0) is 50.3 Å². The van der Waals surface area contributed by atoms with Crippen LogP contribution in [0.15, 0.2) is 30.6 Å². The van der Waals surface area contributed by atoms with Crippen LogP contribution in [0.3, 0.4) is 0 Å². The second kappa shape index (κ2) is 8.72. The molecule has 2 aromatic rings. The molecule has 3 heterocycles. The molecule has 2 aliphatic heterocycles. The zero-order chi connectivity index (χ0) is 24.0. The van der Waals surface area contributed by atoms with Gasteiger partial charge >= 0.3 is 6.09 Å². The molecule has 0 N–H and O–H groups in total. The molecule has 1 saturated heterocycles. The van der Waals surface area contributed by atoms with Gasteiger partial charge in [0.2, 0.25) is 5.91 Å². The first-order valence-electron chi connectivity index (χ1n) is 11.9. The number of hydrogen-bond acceptors (Lipinski definition) is 6. The molecule has 0 radical (unpaired) electrons. The molecule has 1 aromatic carbocycles. The standard InChI is InChI=1S/C24H30N4O5S/c1-16-12-26(24(30)33-21-6-4-3-5-7-21)23-10-18(8-9-22(23)28(16)17(2)29)19-11-25-27(13-19)20-14-34(31,32)15-20/h8-11,13,16,20-21H,3-7,12,14-15H2,1-2H3/t16-/m0/s1. The van der Waals surface area contributed by atoms with Crippen LogP contribution in [0.5, 0.6) is 0 Å². The number of rotatable bonds is 3. The minimum absolute atomic E-state index is 0.0639. The van der Waals surface area contributed by atoms with Crippen molar-refractivity contribution in [1.29, 1.82) is 0 Å². The van der Waals surface area contributed by atoms with Crippen molar-refractivity contribution in [3.05, 3.63) is 30.6 Å².